The first-order valence-electron chi connectivity index (χ1n) is 10.9. The van der Waals surface area contributed by atoms with E-state index in [0.29, 0.717) is 29.6 Å². The summed E-state index contributed by atoms with van der Waals surface area (Å²) in [5.41, 5.74) is 0.679. The molecule has 1 saturated heterocycles. The number of pyridine rings is 2. The second-order valence-electron chi connectivity index (χ2n) is 8.52. The number of fused-ring (bicyclic) bond motifs is 1. The zero-order valence-electron chi connectivity index (χ0n) is 19.5. The van der Waals surface area contributed by atoms with E-state index < -0.39 is 11.4 Å². The minimum Gasteiger partial charge on any atom is -0.477 e. The Kier molecular flexibility index (Phi) is 5.80. The van der Waals surface area contributed by atoms with Crippen LogP contribution in [0.15, 0.2) is 35.8 Å². The van der Waals surface area contributed by atoms with Gasteiger partial charge in [-0.25, -0.2) is 24.7 Å². The van der Waals surface area contributed by atoms with Crippen molar-refractivity contribution >= 4 is 51.9 Å². The molecule has 0 unspecified atom stereocenters. The lowest BCUT2D eigenvalue weighted by Crippen LogP contribution is -2.52. The highest BCUT2D eigenvalue weighted by molar-refractivity contribution is 7.08. The highest BCUT2D eigenvalue weighted by atomic mass is 32.1. The Morgan fingerprint density at radius 3 is 2.53 bits per heavy atom. The highest BCUT2D eigenvalue weighted by Gasteiger charge is 2.34. The molecule has 184 valence electrons. The molecule has 1 aliphatic heterocycles. The lowest BCUT2D eigenvalue weighted by Gasteiger charge is -2.39. The lowest BCUT2D eigenvalue weighted by molar-refractivity contribution is -0.120. The molecule has 0 aliphatic carbocycles. The van der Waals surface area contributed by atoms with E-state index in [1.807, 2.05) is 23.9 Å². The van der Waals surface area contributed by atoms with E-state index in [2.05, 4.69) is 29.6 Å². The van der Waals surface area contributed by atoms with Gasteiger partial charge in [0.15, 0.2) is 5.65 Å². The largest absolute Gasteiger partial charge is 0.477 e. The number of rotatable bonds is 6. The van der Waals surface area contributed by atoms with Crippen LogP contribution in [-0.4, -0.2) is 73.0 Å². The van der Waals surface area contributed by atoms with E-state index in [0.717, 1.165) is 17.2 Å². The second-order valence-corrected chi connectivity index (χ2v) is 9.28. The molecule has 4 aromatic heterocycles. The molecule has 5 heterocycles. The first kappa shape index (κ1) is 23.3. The van der Waals surface area contributed by atoms with Gasteiger partial charge in [0.1, 0.15) is 17.7 Å². The Morgan fingerprint density at radius 2 is 1.92 bits per heavy atom. The molecule has 1 aliphatic rings. The van der Waals surface area contributed by atoms with E-state index in [-0.39, 0.29) is 34.4 Å². The smallest absolute Gasteiger partial charge is 0.341 e. The third-order valence-electron chi connectivity index (χ3n) is 5.89. The fourth-order valence-corrected chi connectivity index (χ4v) is 4.38. The van der Waals surface area contributed by atoms with Gasteiger partial charge in [0.2, 0.25) is 22.4 Å². The molecule has 14 heteroatoms. The molecule has 0 atom stereocenters. The molecule has 0 saturated carbocycles. The van der Waals surface area contributed by atoms with E-state index >= 15 is 0 Å². The summed E-state index contributed by atoms with van der Waals surface area (Å²) >= 11 is 1.05. The lowest BCUT2D eigenvalue weighted by atomic mass is 9.98. The summed E-state index contributed by atoms with van der Waals surface area (Å²) in [5, 5.41) is 12.8. The van der Waals surface area contributed by atoms with Crippen LogP contribution in [0.1, 0.15) is 15.9 Å². The van der Waals surface area contributed by atoms with Crippen molar-refractivity contribution in [2.75, 3.05) is 42.3 Å². The molecule has 1 fully saturated rings. The van der Waals surface area contributed by atoms with Crippen LogP contribution >= 0.6 is 11.5 Å². The van der Waals surface area contributed by atoms with Crippen molar-refractivity contribution < 1.29 is 14.7 Å². The maximum atomic E-state index is 12.9. The van der Waals surface area contributed by atoms with E-state index in [9.17, 15) is 19.5 Å². The van der Waals surface area contributed by atoms with Crippen molar-refractivity contribution in [1.82, 2.24) is 28.9 Å². The number of anilines is 3. The number of aromatic carboxylic acids is 1. The molecule has 1 amide bonds. The number of carbonyl (C=O) groups is 2. The zero-order chi connectivity index (χ0) is 25.6. The molecular formula is C22H21N9O4S. The summed E-state index contributed by atoms with van der Waals surface area (Å²) in [6.45, 7) is 2.55. The van der Waals surface area contributed by atoms with Gasteiger partial charge in [-0.05, 0) is 18.6 Å². The number of amides is 1. The van der Waals surface area contributed by atoms with Crippen LogP contribution in [0.2, 0.25) is 0 Å². The fraction of sp³-hybridized carbons (Fsp3) is 0.273. The number of aromatic nitrogens is 6. The Balaban J connectivity index is 1.40. The molecule has 0 spiro atoms. The topological polar surface area (TPSA) is 159 Å². The van der Waals surface area contributed by atoms with Crippen molar-refractivity contribution in [2.24, 2.45) is 5.92 Å². The number of nitrogens with one attached hydrogen (secondary N) is 1. The molecule has 36 heavy (non-hydrogen) atoms. The first-order valence-corrected chi connectivity index (χ1v) is 11.6. The number of hydrogen-bond donors (Lipinski definition) is 2. The van der Waals surface area contributed by atoms with Gasteiger partial charge >= 0.3 is 5.97 Å². The van der Waals surface area contributed by atoms with Crippen molar-refractivity contribution in [2.45, 2.75) is 6.92 Å². The molecule has 2 N–H and O–H groups in total. The molecule has 5 rings (SSSR count). The first-order chi connectivity index (χ1) is 17.2. The van der Waals surface area contributed by atoms with Crippen molar-refractivity contribution in [3.8, 4) is 5.13 Å². The normalized spacial score (nSPS) is 13.5. The van der Waals surface area contributed by atoms with Crippen LogP contribution in [0.4, 0.5) is 17.5 Å². The minimum absolute atomic E-state index is 0.196. The number of carboxylic acids is 1. The van der Waals surface area contributed by atoms with Crippen molar-refractivity contribution in [3.63, 3.8) is 0 Å². The molecule has 0 aromatic carbocycles. The number of carboxylic acid groups (broad SMARTS) is 1. The Labute approximate surface area is 208 Å². The zero-order valence-corrected chi connectivity index (χ0v) is 20.4. The SMILES string of the molecule is Cc1cc(N2CC(C(=O)Nc3ncc(N(C)C)cn3)C2)nc2c1c(=O)c(C(=O)O)cn2-c1ncns1. The monoisotopic (exact) mass is 507 g/mol. The maximum absolute atomic E-state index is 12.9. The standard InChI is InChI=1S/C22H21N9O4S/c1-11-4-15(30-7-12(8-30)19(33)28-21-23-5-13(6-24-21)29(2)3)27-18-16(11)17(32)14(20(34)35)9-31(18)22-25-10-26-36-22/h4-6,9-10,12H,7-8H2,1-3H3,(H,34,35)(H,23,24,28,33). The van der Waals surface area contributed by atoms with Crippen LogP contribution in [0.25, 0.3) is 16.2 Å². The van der Waals surface area contributed by atoms with Crippen LogP contribution < -0.4 is 20.5 Å². The minimum atomic E-state index is -1.33. The summed E-state index contributed by atoms with van der Waals surface area (Å²) in [7, 11) is 3.75. The summed E-state index contributed by atoms with van der Waals surface area (Å²) in [6, 6.07) is 1.72. The average Bonchev–Trinajstić information content (AvgIpc) is 3.33. The van der Waals surface area contributed by atoms with Crippen LogP contribution in [0.3, 0.4) is 0 Å². The molecule has 13 nitrogen and oxygen atoms in total. The Hall–Kier alpha value is -4.46. The van der Waals surface area contributed by atoms with Crippen molar-refractivity contribution in [1.29, 1.82) is 0 Å². The highest BCUT2D eigenvalue weighted by Crippen LogP contribution is 2.28. The van der Waals surface area contributed by atoms with Gasteiger partial charge < -0.3 is 14.9 Å². The second kappa shape index (κ2) is 8.96. The van der Waals surface area contributed by atoms with E-state index in [1.165, 1.54) is 17.1 Å². The van der Waals surface area contributed by atoms with Gasteiger partial charge in [-0.1, -0.05) is 0 Å². The third-order valence-corrected chi connectivity index (χ3v) is 6.56. The summed E-state index contributed by atoms with van der Waals surface area (Å²) < 4.78 is 5.44. The predicted molar refractivity (Wildman–Crippen MR) is 133 cm³/mol. The van der Waals surface area contributed by atoms with Gasteiger partial charge in [0.25, 0.3) is 0 Å². The molecular weight excluding hydrogens is 486 g/mol. The van der Waals surface area contributed by atoms with Crippen LogP contribution in [0.5, 0.6) is 0 Å². The van der Waals surface area contributed by atoms with Gasteiger partial charge in [-0.3, -0.25) is 19.5 Å². The molecule has 0 radical (unpaired) electrons. The number of carbonyl (C=O) groups excluding carboxylic acids is 1. The number of aryl methyl sites for hydroxylation is 1. The van der Waals surface area contributed by atoms with Gasteiger partial charge in [-0.2, -0.15) is 4.37 Å². The van der Waals surface area contributed by atoms with Gasteiger partial charge in [0, 0.05) is 44.9 Å². The quantitative estimate of drug-likeness (QED) is 0.386. The van der Waals surface area contributed by atoms with E-state index in [1.54, 1.807) is 25.4 Å². The number of hydrogen-bond acceptors (Lipinski definition) is 11. The van der Waals surface area contributed by atoms with Crippen LogP contribution in [-0.2, 0) is 4.79 Å². The third kappa shape index (κ3) is 4.11. The van der Waals surface area contributed by atoms with Crippen molar-refractivity contribution in [3.05, 3.63) is 52.3 Å². The average molecular weight is 508 g/mol. The molecule has 0 bridgehead atoms. The Bertz CT molecular complexity index is 1530. The number of nitrogens with zero attached hydrogens (tertiary/aromatic N) is 8. The van der Waals surface area contributed by atoms with Crippen LogP contribution in [0, 0.1) is 12.8 Å². The summed E-state index contributed by atoms with van der Waals surface area (Å²) in [6.07, 6.45) is 5.82. The predicted octanol–water partition coefficient (Wildman–Crippen LogP) is 1.17. The summed E-state index contributed by atoms with van der Waals surface area (Å²) in [4.78, 5) is 58.2. The van der Waals surface area contributed by atoms with E-state index in [4.69, 9.17) is 0 Å². The molecule has 4 aromatic rings. The van der Waals surface area contributed by atoms with Gasteiger partial charge in [0.05, 0.1) is 29.4 Å². The fourth-order valence-electron chi connectivity index (χ4n) is 3.87. The Morgan fingerprint density at radius 1 is 1.19 bits per heavy atom. The van der Waals surface area contributed by atoms with Gasteiger partial charge in [-0.15, -0.1) is 0 Å². The maximum Gasteiger partial charge on any atom is 0.341 e. The summed E-state index contributed by atoms with van der Waals surface area (Å²) in [5.74, 6) is -1.02.